The van der Waals surface area contributed by atoms with Crippen LogP contribution >= 0.6 is 11.6 Å². The first-order valence-electron chi connectivity index (χ1n) is 10.0. The number of aromatic nitrogens is 1. The third kappa shape index (κ3) is 6.61. The van der Waals surface area contributed by atoms with Crippen molar-refractivity contribution in [2.75, 3.05) is 13.2 Å². The molecule has 2 aromatic carbocycles. The Labute approximate surface area is 194 Å². The van der Waals surface area contributed by atoms with Crippen LogP contribution in [0, 0.1) is 6.92 Å². The zero-order valence-electron chi connectivity index (χ0n) is 17.9. The summed E-state index contributed by atoms with van der Waals surface area (Å²) in [7, 11) is 0. The summed E-state index contributed by atoms with van der Waals surface area (Å²) in [6, 6.07) is 13.0. The Kier molecular flexibility index (Phi) is 7.81. The van der Waals surface area contributed by atoms with Crippen molar-refractivity contribution < 1.29 is 32.2 Å². The van der Waals surface area contributed by atoms with Crippen molar-refractivity contribution in [2.45, 2.75) is 26.6 Å². The minimum atomic E-state index is -4.51. The summed E-state index contributed by atoms with van der Waals surface area (Å²) in [6.45, 7) is 3.86. The molecule has 174 valence electrons. The smallest absolute Gasteiger partial charge is 0.417 e. The van der Waals surface area contributed by atoms with E-state index in [2.05, 4.69) is 4.98 Å². The second kappa shape index (κ2) is 10.6. The molecule has 0 aliphatic heterocycles. The van der Waals surface area contributed by atoms with Crippen LogP contribution in [0.15, 0.2) is 54.7 Å². The zero-order chi connectivity index (χ0) is 24.0. The van der Waals surface area contributed by atoms with Crippen molar-refractivity contribution in [3.63, 3.8) is 0 Å². The number of hydrogen-bond donors (Lipinski definition) is 0. The molecule has 3 aromatic rings. The fraction of sp³-hybridized carbons (Fsp3) is 0.250. The summed E-state index contributed by atoms with van der Waals surface area (Å²) in [5, 5.41) is -0.0958. The monoisotopic (exact) mass is 479 g/mol. The number of nitrogens with zero attached hydrogens (tertiary/aromatic N) is 1. The number of hydrogen-bond acceptors (Lipinski definition) is 5. The minimum Gasteiger partial charge on any atom is -0.489 e. The Bertz CT molecular complexity index is 1120. The van der Waals surface area contributed by atoms with Crippen LogP contribution in [0.25, 0.3) is 11.3 Å². The lowest BCUT2D eigenvalue weighted by atomic mass is 10.1. The summed E-state index contributed by atoms with van der Waals surface area (Å²) < 4.78 is 54.7. The van der Waals surface area contributed by atoms with Crippen LogP contribution in [0.3, 0.4) is 0 Å². The number of carbonyl (C=O) groups excluding carboxylic acids is 1. The van der Waals surface area contributed by atoms with Crippen LogP contribution in [0.5, 0.6) is 11.5 Å². The van der Waals surface area contributed by atoms with E-state index in [1.165, 1.54) is 0 Å². The molecule has 3 rings (SSSR count). The maximum atomic E-state index is 12.8. The van der Waals surface area contributed by atoms with Crippen LogP contribution in [-0.4, -0.2) is 24.2 Å². The molecule has 0 fully saturated rings. The zero-order valence-corrected chi connectivity index (χ0v) is 18.7. The van der Waals surface area contributed by atoms with Crippen molar-refractivity contribution in [1.29, 1.82) is 0 Å². The quantitative estimate of drug-likeness (QED) is 0.357. The Morgan fingerprint density at radius 3 is 2.42 bits per heavy atom. The number of carbonyl (C=O) groups is 1. The lowest BCUT2D eigenvalue weighted by Crippen LogP contribution is -2.15. The van der Waals surface area contributed by atoms with E-state index < -0.39 is 17.7 Å². The van der Waals surface area contributed by atoms with Gasteiger partial charge in [0.2, 0.25) is 0 Å². The molecule has 0 saturated heterocycles. The molecule has 1 heterocycles. The van der Waals surface area contributed by atoms with Gasteiger partial charge in [-0.15, -0.1) is 0 Å². The molecule has 0 aliphatic carbocycles. The van der Waals surface area contributed by atoms with Gasteiger partial charge in [-0.2, -0.15) is 13.2 Å². The van der Waals surface area contributed by atoms with Crippen LogP contribution in [0.4, 0.5) is 13.2 Å². The molecule has 0 amide bonds. The molecule has 0 saturated carbocycles. The lowest BCUT2D eigenvalue weighted by molar-refractivity contribution is -0.145. The lowest BCUT2D eigenvalue weighted by Gasteiger charge is -2.13. The van der Waals surface area contributed by atoms with E-state index in [-0.39, 0.29) is 30.5 Å². The van der Waals surface area contributed by atoms with Gasteiger partial charge in [-0.05, 0) is 55.8 Å². The second-order valence-corrected chi connectivity index (χ2v) is 7.48. The summed E-state index contributed by atoms with van der Waals surface area (Å²) in [5.74, 6) is 0.580. The predicted octanol–water partition coefficient (Wildman–Crippen LogP) is 6.25. The van der Waals surface area contributed by atoms with Gasteiger partial charge in [0.25, 0.3) is 0 Å². The SMILES string of the molecule is CCOC(=O)COc1cc(C)ccc1COc1ccc(-c2ncc(C(F)(F)F)cc2Cl)cc1. The Hall–Kier alpha value is -3.26. The van der Waals surface area contributed by atoms with Gasteiger partial charge in [0.15, 0.2) is 6.61 Å². The number of pyridine rings is 1. The average molecular weight is 480 g/mol. The van der Waals surface area contributed by atoms with Gasteiger partial charge in [-0.3, -0.25) is 4.98 Å². The first-order chi connectivity index (χ1) is 15.7. The van der Waals surface area contributed by atoms with Gasteiger partial charge in [-0.25, -0.2) is 4.79 Å². The molecule has 0 unspecified atom stereocenters. The molecular weight excluding hydrogens is 459 g/mol. The Balaban J connectivity index is 1.68. The molecule has 1 aromatic heterocycles. The van der Waals surface area contributed by atoms with Gasteiger partial charge in [0.1, 0.15) is 18.1 Å². The fourth-order valence-corrected chi connectivity index (χ4v) is 3.21. The van der Waals surface area contributed by atoms with E-state index in [4.69, 9.17) is 25.8 Å². The van der Waals surface area contributed by atoms with Crippen molar-refractivity contribution in [3.05, 3.63) is 76.4 Å². The van der Waals surface area contributed by atoms with Crippen LogP contribution < -0.4 is 9.47 Å². The molecule has 0 N–H and O–H groups in total. The van der Waals surface area contributed by atoms with E-state index in [1.54, 1.807) is 37.3 Å². The Morgan fingerprint density at radius 2 is 1.79 bits per heavy atom. The Morgan fingerprint density at radius 1 is 1.06 bits per heavy atom. The van der Waals surface area contributed by atoms with Crippen LogP contribution in [0.2, 0.25) is 5.02 Å². The number of alkyl halides is 3. The van der Waals surface area contributed by atoms with Gasteiger partial charge < -0.3 is 14.2 Å². The normalized spacial score (nSPS) is 11.2. The molecule has 0 radical (unpaired) electrons. The molecule has 33 heavy (non-hydrogen) atoms. The van der Waals surface area contributed by atoms with Gasteiger partial charge in [-0.1, -0.05) is 23.7 Å². The van der Waals surface area contributed by atoms with Crippen molar-refractivity contribution in [3.8, 4) is 22.8 Å². The summed E-state index contributed by atoms with van der Waals surface area (Å²) in [6.07, 6.45) is -3.76. The number of rotatable bonds is 8. The molecule has 5 nitrogen and oxygen atoms in total. The molecule has 0 bridgehead atoms. The van der Waals surface area contributed by atoms with Crippen LogP contribution in [-0.2, 0) is 22.3 Å². The van der Waals surface area contributed by atoms with E-state index in [0.717, 1.165) is 23.4 Å². The number of benzene rings is 2. The molecule has 0 atom stereocenters. The number of ether oxygens (including phenoxy) is 3. The van der Waals surface area contributed by atoms with E-state index in [9.17, 15) is 18.0 Å². The highest BCUT2D eigenvalue weighted by Gasteiger charge is 2.31. The summed E-state index contributed by atoms with van der Waals surface area (Å²) in [5.41, 5.74) is 1.58. The highest BCUT2D eigenvalue weighted by Crippen LogP contribution is 2.34. The van der Waals surface area contributed by atoms with E-state index in [1.807, 2.05) is 19.1 Å². The molecular formula is C24H21ClF3NO4. The molecule has 0 spiro atoms. The second-order valence-electron chi connectivity index (χ2n) is 7.07. The average Bonchev–Trinajstić information content (AvgIpc) is 2.77. The largest absolute Gasteiger partial charge is 0.489 e. The maximum Gasteiger partial charge on any atom is 0.417 e. The highest BCUT2D eigenvalue weighted by molar-refractivity contribution is 6.33. The molecule has 0 aliphatic rings. The third-order valence-corrected chi connectivity index (χ3v) is 4.85. The first kappa shape index (κ1) is 24.4. The van der Waals surface area contributed by atoms with Gasteiger partial charge in [0, 0.05) is 17.3 Å². The predicted molar refractivity (Wildman–Crippen MR) is 117 cm³/mol. The standard InChI is InChI=1S/C24H21ClF3NO4/c1-3-31-22(30)14-33-21-10-15(2)4-5-17(21)13-32-19-8-6-16(7-9-19)23-20(25)11-18(12-29-23)24(26,27)28/h4-12H,3,13-14H2,1-2H3. The number of halogens is 4. The molecule has 9 heteroatoms. The number of esters is 1. The number of aryl methyl sites for hydroxylation is 1. The summed E-state index contributed by atoms with van der Waals surface area (Å²) >= 11 is 6.01. The van der Waals surface area contributed by atoms with Gasteiger partial charge in [0.05, 0.1) is 22.9 Å². The van der Waals surface area contributed by atoms with Crippen molar-refractivity contribution in [1.82, 2.24) is 4.98 Å². The first-order valence-corrected chi connectivity index (χ1v) is 10.4. The minimum absolute atomic E-state index is 0.0958. The maximum absolute atomic E-state index is 12.8. The summed E-state index contributed by atoms with van der Waals surface area (Å²) in [4.78, 5) is 15.4. The van der Waals surface area contributed by atoms with Gasteiger partial charge >= 0.3 is 12.1 Å². The topological polar surface area (TPSA) is 57.7 Å². The highest BCUT2D eigenvalue weighted by atomic mass is 35.5. The third-order valence-electron chi connectivity index (χ3n) is 4.56. The van der Waals surface area contributed by atoms with Crippen molar-refractivity contribution in [2.24, 2.45) is 0 Å². The van der Waals surface area contributed by atoms with E-state index >= 15 is 0 Å². The van der Waals surface area contributed by atoms with Crippen molar-refractivity contribution >= 4 is 17.6 Å². The van der Waals surface area contributed by atoms with E-state index in [0.29, 0.717) is 17.1 Å². The van der Waals surface area contributed by atoms with Crippen LogP contribution in [0.1, 0.15) is 23.6 Å². The fourth-order valence-electron chi connectivity index (χ4n) is 2.93.